The molecule has 1 heterocycles. The van der Waals surface area contributed by atoms with E-state index in [4.69, 9.17) is 16.6 Å². The first-order chi connectivity index (χ1) is 11.2. The number of hydrogen-bond donors (Lipinski definition) is 1. The molecular formula is C17H25N3O2S. The van der Waals surface area contributed by atoms with Gasteiger partial charge in [-0.2, -0.15) is 0 Å². The van der Waals surface area contributed by atoms with Crippen molar-refractivity contribution in [2.75, 3.05) is 26.2 Å². The van der Waals surface area contributed by atoms with Crippen LogP contribution in [0.4, 0.5) is 0 Å². The van der Waals surface area contributed by atoms with Crippen LogP contribution in [0, 0.1) is 4.84 Å². The van der Waals surface area contributed by atoms with Crippen molar-refractivity contribution in [1.29, 1.82) is 0 Å². The third-order valence-electron chi connectivity index (χ3n) is 4.00. The van der Waals surface area contributed by atoms with Crippen LogP contribution in [0.3, 0.4) is 0 Å². The summed E-state index contributed by atoms with van der Waals surface area (Å²) in [5.41, 5.74) is 1.70. The fraction of sp³-hybridized carbons (Fsp3) is 0.529. The Morgan fingerprint density at radius 1 is 1.30 bits per heavy atom. The van der Waals surface area contributed by atoms with E-state index < -0.39 is 0 Å². The van der Waals surface area contributed by atoms with Crippen LogP contribution in [-0.4, -0.2) is 41.6 Å². The molecule has 0 fully saturated rings. The van der Waals surface area contributed by atoms with Gasteiger partial charge < -0.3 is 14.6 Å². The number of carbonyl (C=O) groups is 1. The maximum atomic E-state index is 12.0. The third-order valence-corrected chi connectivity index (χ3v) is 4.31. The SMILES string of the molecule is CCN(CC)CCCNC(=O)CCn1c(=S)oc2ccccc21. The van der Waals surface area contributed by atoms with Gasteiger partial charge in [0.15, 0.2) is 5.58 Å². The van der Waals surface area contributed by atoms with Crippen molar-refractivity contribution in [3.8, 4) is 0 Å². The maximum absolute atomic E-state index is 12.0. The van der Waals surface area contributed by atoms with Crippen LogP contribution in [0.5, 0.6) is 0 Å². The zero-order chi connectivity index (χ0) is 16.7. The molecule has 1 aromatic heterocycles. The Morgan fingerprint density at radius 3 is 2.78 bits per heavy atom. The number of carbonyl (C=O) groups excluding carboxylic acids is 1. The normalized spacial score (nSPS) is 11.3. The zero-order valence-electron chi connectivity index (χ0n) is 13.9. The standard InChI is InChI=1S/C17H25N3O2S/c1-3-19(4-2)12-7-11-18-16(21)10-13-20-14-8-5-6-9-15(14)22-17(20)23/h5-6,8-9H,3-4,7,10-13H2,1-2H3,(H,18,21). The molecule has 23 heavy (non-hydrogen) atoms. The highest BCUT2D eigenvalue weighted by molar-refractivity contribution is 7.71. The average molecular weight is 335 g/mol. The topological polar surface area (TPSA) is 50.4 Å². The first-order valence-electron chi connectivity index (χ1n) is 8.23. The highest BCUT2D eigenvalue weighted by Gasteiger charge is 2.08. The van der Waals surface area contributed by atoms with Crippen molar-refractivity contribution in [3.63, 3.8) is 0 Å². The summed E-state index contributed by atoms with van der Waals surface area (Å²) in [6.45, 7) is 8.68. The number of fused-ring (bicyclic) bond motifs is 1. The summed E-state index contributed by atoms with van der Waals surface area (Å²) < 4.78 is 7.40. The quantitative estimate of drug-likeness (QED) is 0.565. The van der Waals surface area contributed by atoms with E-state index in [0.29, 0.717) is 24.3 Å². The van der Waals surface area contributed by atoms with Gasteiger partial charge in [0.05, 0.1) is 5.52 Å². The molecule has 0 atom stereocenters. The Morgan fingerprint density at radius 2 is 2.04 bits per heavy atom. The minimum absolute atomic E-state index is 0.0525. The van der Waals surface area contributed by atoms with Gasteiger partial charge in [0.1, 0.15) is 0 Å². The first-order valence-corrected chi connectivity index (χ1v) is 8.64. The van der Waals surface area contributed by atoms with Crippen LogP contribution in [0.2, 0.25) is 0 Å². The summed E-state index contributed by atoms with van der Waals surface area (Å²) in [6.07, 6.45) is 1.38. The molecule has 0 unspecified atom stereocenters. The number of benzene rings is 1. The van der Waals surface area contributed by atoms with Crippen LogP contribution in [0.15, 0.2) is 28.7 Å². The predicted octanol–water partition coefficient (Wildman–Crippen LogP) is 3.20. The van der Waals surface area contributed by atoms with E-state index >= 15 is 0 Å². The number of oxazole rings is 1. The smallest absolute Gasteiger partial charge is 0.269 e. The fourth-order valence-electron chi connectivity index (χ4n) is 2.60. The van der Waals surface area contributed by atoms with Crippen molar-refractivity contribution >= 4 is 29.2 Å². The number of aryl methyl sites for hydroxylation is 1. The predicted molar refractivity (Wildman–Crippen MR) is 95.1 cm³/mol. The van der Waals surface area contributed by atoms with Gasteiger partial charge in [-0.25, -0.2) is 0 Å². The molecule has 2 rings (SSSR count). The monoisotopic (exact) mass is 335 g/mol. The Kier molecular flexibility index (Phi) is 6.80. The van der Waals surface area contributed by atoms with Gasteiger partial charge in [0.25, 0.3) is 4.84 Å². The molecule has 0 saturated heterocycles. The summed E-state index contributed by atoms with van der Waals surface area (Å²) in [5.74, 6) is 0.0525. The molecule has 0 aliphatic carbocycles. The molecule has 1 amide bonds. The summed E-state index contributed by atoms with van der Waals surface area (Å²) in [7, 11) is 0. The molecule has 0 aliphatic heterocycles. The minimum Gasteiger partial charge on any atom is -0.429 e. The molecule has 2 aromatic rings. The van der Waals surface area contributed by atoms with Crippen LogP contribution < -0.4 is 5.32 Å². The second-order valence-electron chi connectivity index (χ2n) is 5.47. The average Bonchev–Trinajstić information content (AvgIpc) is 2.88. The van der Waals surface area contributed by atoms with E-state index in [9.17, 15) is 4.79 Å². The molecular weight excluding hydrogens is 310 g/mol. The Hall–Kier alpha value is -1.66. The maximum Gasteiger partial charge on any atom is 0.269 e. The van der Waals surface area contributed by atoms with Gasteiger partial charge >= 0.3 is 0 Å². The van der Waals surface area contributed by atoms with Crippen molar-refractivity contribution < 1.29 is 9.21 Å². The zero-order valence-corrected chi connectivity index (χ0v) is 14.7. The summed E-state index contributed by atoms with van der Waals surface area (Å²) in [5, 5.41) is 2.97. The van der Waals surface area contributed by atoms with Gasteiger partial charge in [-0.1, -0.05) is 26.0 Å². The molecule has 5 nitrogen and oxygen atoms in total. The number of aromatic nitrogens is 1. The second kappa shape index (κ2) is 8.84. The lowest BCUT2D eigenvalue weighted by Crippen LogP contribution is -2.30. The lowest BCUT2D eigenvalue weighted by molar-refractivity contribution is -0.121. The van der Waals surface area contributed by atoms with Gasteiger partial charge in [-0.3, -0.25) is 9.36 Å². The van der Waals surface area contributed by atoms with Crippen LogP contribution >= 0.6 is 12.2 Å². The third kappa shape index (κ3) is 4.91. The van der Waals surface area contributed by atoms with Gasteiger partial charge in [-0.15, -0.1) is 0 Å². The molecule has 6 heteroatoms. The number of rotatable bonds is 9. The lowest BCUT2D eigenvalue weighted by Gasteiger charge is -2.17. The summed E-state index contributed by atoms with van der Waals surface area (Å²) in [6, 6.07) is 7.69. The molecule has 0 aliphatic rings. The van der Waals surface area contributed by atoms with E-state index in [1.54, 1.807) is 0 Å². The van der Waals surface area contributed by atoms with Gasteiger partial charge in [0.2, 0.25) is 5.91 Å². The molecule has 0 bridgehead atoms. The summed E-state index contributed by atoms with van der Waals surface area (Å²) >= 11 is 5.23. The molecule has 1 aromatic carbocycles. The molecule has 126 valence electrons. The Bertz CT molecular complexity index is 688. The largest absolute Gasteiger partial charge is 0.429 e. The number of amides is 1. The van der Waals surface area contributed by atoms with E-state index in [1.165, 1.54) is 0 Å². The minimum atomic E-state index is 0.0525. The van der Waals surface area contributed by atoms with Crippen LogP contribution in [-0.2, 0) is 11.3 Å². The number of nitrogens with one attached hydrogen (secondary N) is 1. The van der Waals surface area contributed by atoms with E-state index in [2.05, 4.69) is 24.1 Å². The number of para-hydroxylation sites is 2. The molecule has 0 spiro atoms. The first kappa shape index (κ1) is 17.7. The van der Waals surface area contributed by atoms with Crippen molar-refractivity contribution in [2.24, 2.45) is 0 Å². The van der Waals surface area contributed by atoms with E-state index in [1.807, 2.05) is 28.8 Å². The van der Waals surface area contributed by atoms with Gasteiger partial charge in [-0.05, 0) is 50.4 Å². The van der Waals surface area contributed by atoms with Crippen molar-refractivity contribution in [1.82, 2.24) is 14.8 Å². The van der Waals surface area contributed by atoms with Gasteiger partial charge in [0, 0.05) is 19.5 Å². The number of hydrogen-bond acceptors (Lipinski definition) is 4. The molecule has 0 saturated carbocycles. The molecule has 1 N–H and O–H groups in total. The number of nitrogens with zero attached hydrogens (tertiary/aromatic N) is 2. The van der Waals surface area contributed by atoms with E-state index in [-0.39, 0.29) is 5.91 Å². The Labute approximate surface area is 142 Å². The highest BCUT2D eigenvalue weighted by Crippen LogP contribution is 2.17. The summed E-state index contributed by atoms with van der Waals surface area (Å²) in [4.78, 5) is 14.7. The second-order valence-corrected chi connectivity index (χ2v) is 5.82. The van der Waals surface area contributed by atoms with Crippen LogP contribution in [0.1, 0.15) is 26.7 Å². The fourth-order valence-corrected chi connectivity index (χ4v) is 2.88. The van der Waals surface area contributed by atoms with Crippen LogP contribution in [0.25, 0.3) is 11.1 Å². The molecule has 0 radical (unpaired) electrons. The van der Waals surface area contributed by atoms with Crippen molar-refractivity contribution in [3.05, 3.63) is 29.1 Å². The van der Waals surface area contributed by atoms with Crippen molar-refractivity contribution in [2.45, 2.75) is 33.2 Å². The lowest BCUT2D eigenvalue weighted by atomic mass is 10.3. The highest BCUT2D eigenvalue weighted by atomic mass is 32.1. The van der Waals surface area contributed by atoms with E-state index in [0.717, 1.165) is 37.2 Å². The Balaban J connectivity index is 1.78.